The average molecular weight is 408 g/mol. The number of rotatable bonds is 3. The minimum Gasteiger partial charge on any atom is -0.486 e. The van der Waals surface area contributed by atoms with Crippen LogP contribution in [0.15, 0.2) is 45.8 Å². The maximum Gasteiger partial charge on any atom is 0.316 e. The van der Waals surface area contributed by atoms with Crippen LogP contribution in [0.3, 0.4) is 0 Å². The molecule has 0 saturated carbocycles. The standard InChI is InChI=1S/C24H24O6/c1-5-14-10-16-20(12-19(14)30-23(26)24(2,3)4)29-13-17(22(16)25)15-6-7-18-21(11-15)28-9-8-27-18/h6-7,10-13H,5,8-9H2,1-4H3. The molecule has 2 aromatic carbocycles. The molecule has 1 aliphatic rings. The number of ether oxygens (including phenoxy) is 3. The summed E-state index contributed by atoms with van der Waals surface area (Å²) in [5.41, 5.74) is 1.47. The van der Waals surface area contributed by atoms with E-state index < -0.39 is 5.41 Å². The summed E-state index contributed by atoms with van der Waals surface area (Å²) in [6.45, 7) is 8.30. The Morgan fingerprint density at radius 2 is 1.80 bits per heavy atom. The monoisotopic (exact) mass is 408 g/mol. The molecule has 2 heterocycles. The Morgan fingerprint density at radius 1 is 1.07 bits per heavy atom. The minimum absolute atomic E-state index is 0.156. The van der Waals surface area contributed by atoms with Crippen LogP contribution in [0.5, 0.6) is 17.2 Å². The first-order chi connectivity index (χ1) is 14.3. The largest absolute Gasteiger partial charge is 0.486 e. The lowest BCUT2D eigenvalue weighted by Gasteiger charge is -2.19. The van der Waals surface area contributed by atoms with Crippen LogP contribution < -0.4 is 19.6 Å². The third-order valence-electron chi connectivity index (χ3n) is 5.00. The van der Waals surface area contributed by atoms with Gasteiger partial charge < -0.3 is 18.6 Å². The van der Waals surface area contributed by atoms with Crippen LogP contribution in [-0.4, -0.2) is 19.2 Å². The number of hydrogen-bond acceptors (Lipinski definition) is 6. The molecule has 0 N–H and O–H groups in total. The van der Waals surface area contributed by atoms with Gasteiger partial charge in [0, 0.05) is 6.07 Å². The van der Waals surface area contributed by atoms with Crippen LogP contribution in [0.25, 0.3) is 22.1 Å². The Kier molecular flexibility index (Phi) is 5.02. The van der Waals surface area contributed by atoms with Gasteiger partial charge in [-0.1, -0.05) is 13.0 Å². The number of carbonyl (C=O) groups excluding carboxylic acids is 1. The average Bonchev–Trinajstić information content (AvgIpc) is 2.72. The molecule has 6 heteroatoms. The van der Waals surface area contributed by atoms with E-state index in [2.05, 4.69) is 0 Å². The predicted octanol–water partition coefficient (Wildman–Crippen LogP) is 4.75. The molecule has 1 aliphatic heterocycles. The number of aryl methyl sites for hydroxylation is 1. The molecule has 0 spiro atoms. The van der Waals surface area contributed by atoms with Crippen molar-refractivity contribution in [3.05, 3.63) is 52.4 Å². The van der Waals surface area contributed by atoms with E-state index in [1.165, 1.54) is 6.26 Å². The lowest BCUT2D eigenvalue weighted by Crippen LogP contribution is -2.26. The van der Waals surface area contributed by atoms with E-state index in [0.29, 0.717) is 59.0 Å². The molecule has 0 unspecified atom stereocenters. The van der Waals surface area contributed by atoms with E-state index in [9.17, 15) is 9.59 Å². The van der Waals surface area contributed by atoms with E-state index in [-0.39, 0.29) is 11.4 Å². The van der Waals surface area contributed by atoms with Gasteiger partial charge in [-0.25, -0.2) is 0 Å². The highest BCUT2D eigenvalue weighted by Gasteiger charge is 2.25. The van der Waals surface area contributed by atoms with Crippen molar-refractivity contribution in [2.75, 3.05) is 13.2 Å². The maximum absolute atomic E-state index is 13.2. The molecular formula is C24H24O6. The summed E-state index contributed by atoms with van der Waals surface area (Å²) >= 11 is 0. The van der Waals surface area contributed by atoms with Crippen molar-refractivity contribution in [2.45, 2.75) is 34.1 Å². The van der Waals surface area contributed by atoms with E-state index in [1.807, 2.05) is 13.0 Å². The molecule has 6 nitrogen and oxygen atoms in total. The molecule has 0 atom stereocenters. The van der Waals surface area contributed by atoms with Crippen molar-refractivity contribution in [3.63, 3.8) is 0 Å². The molecule has 0 fully saturated rings. The van der Waals surface area contributed by atoms with Crippen LogP contribution in [0.4, 0.5) is 0 Å². The molecule has 0 bridgehead atoms. The second-order valence-corrected chi connectivity index (χ2v) is 8.29. The maximum atomic E-state index is 13.2. The predicted molar refractivity (Wildman–Crippen MR) is 113 cm³/mol. The van der Waals surface area contributed by atoms with Gasteiger partial charge in [-0.05, 0) is 56.5 Å². The number of hydrogen-bond donors (Lipinski definition) is 0. The summed E-state index contributed by atoms with van der Waals surface area (Å²) in [5, 5.41) is 0.440. The lowest BCUT2D eigenvalue weighted by molar-refractivity contribution is -0.143. The fraction of sp³-hybridized carbons (Fsp3) is 0.333. The zero-order chi connectivity index (χ0) is 21.5. The van der Waals surface area contributed by atoms with Crippen LogP contribution in [-0.2, 0) is 11.2 Å². The fourth-order valence-corrected chi connectivity index (χ4v) is 3.24. The molecule has 0 radical (unpaired) electrons. The fourth-order valence-electron chi connectivity index (χ4n) is 3.24. The molecule has 0 aliphatic carbocycles. The molecule has 3 aromatic rings. The van der Waals surface area contributed by atoms with Crippen molar-refractivity contribution in [3.8, 4) is 28.4 Å². The number of fused-ring (bicyclic) bond motifs is 2. The summed E-state index contributed by atoms with van der Waals surface area (Å²) in [5.74, 6) is 1.35. The first-order valence-electron chi connectivity index (χ1n) is 9.98. The van der Waals surface area contributed by atoms with Crippen molar-refractivity contribution >= 4 is 16.9 Å². The molecule has 1 aromatic heterocycles. The van der Waals surface area contributed by atoms with Gasteiger partial charge in [0.15, 0.2) is 11.5 Å². The van der Waals surface area contributed by atoms with Gasteiger partial charge in [0.05, 0.1) is 16.4 Å². The molecule has 156 valence electrons. The van der Waals surface area contributed by atoms with E-state index >= 15 is 0 Å². The Labute approximate surface area is 174 Å². The second-order valence-electron chi connectivity index (χ2n) is 8.29. The highest BCUT2D eigenvalue weighted by atomic mass is 16.6. The third kappa shape index (κ3) is 3.65. The quantitative estimate of drug-likeness (QED) is 0.460. The molecule has 0 amide bonds. The number of carbonyl (C=O) groups is 1. The third-order valence-corrected chi connectivity index (χ3v) is 5.00. The molecule has 0 saturated heterocycles. The van der Waals surface area contributed by atoms with Crippen molar-refractivity contribution in [2.24, 2.45) is 5.41 Å². The Bertz CT molecular complexity index is 1180. The summed E-state index contributed by atoms with van der Waals surface area (Å²) < 4.78 is 22.5. The van der Waals surface area contributed by atoms with Gasteiger partial charge in [-0.15, -0.1) is 0 Å². The van der Waals surface area contributed by atoms with Crippen molar-refractivity contribution < 1.29 is 23.4 Å². The molecular weight excluding hydrogens is 384 g/mol. The summed E-state index contributed by atoms with van der Waals surface area (Å²) in [4.78, 5) is 25.5. The van der Waals surface area contributed by atoms with Crippen molar-refractivity contribution in [1.82, 2.24) is 0 Å². The minimum atomic E-state index is -0.636. The lowest BCUT2D eigenvalue weighted by atomic mass is 9.97. The van der Waals surface area contributed by atoms with Gasteiger partial charge in [0.25, 0.3) is 0 Å². The molecule has 4 rings (SSSR count). The Morgan fingerprint density at radius 3 is 2.50 bits per heavy atom. The Hall–Kier alpha value is -3.28. The van der Waals surface area contributed by atoms with Gasteiger partial charge >= 0.3 is 5.97 Å². The van der Waals surface area contributed by atoms with Crippen LogP contribution in [0.1, 0.15) is 33.3 Å². The first kappa shape index (κ1) is 20.0. The topological polar surface area (TPSA) is 75.0 Å². The van der Waals surface area contributed by atoms with Crippen LogP contribution in [0, 0.1) is 5.41 Å². The van der Waals surface area contributed by atoms with E-state index in [0.717, 1.165) is 5.56 Å². The second kappa shape index (κ2) is 7.52. The first-order valence-corrected chi connectivity index (χ1v) is 9.98. The van der Waals surface area contributed by atoms with Crippen LogP contribution >= 0.6 is 0 Å². The number of benzene rings is 2. The Balaban J connectivity index is 1.79. The number of esters is 1. The zero-order valence-electron chi connectivity index (χ0n) is 17.5. The van der Waals surface area contributed by atoms with Gasteiger partial charge in [0.2, 0.25) is 5.43 Å². The summed E-state index contributed by atoms with van der Waals surface area (Å²) in [7, 11) is 0. The summed E-state index contributed by atoms with van der Waals surface area (Å²) in [6.07, 6.45) is 2.04. The van der Waals surface area contributed by atoms with E-state index in [4.69, 9.17) is 18.6 Å². The van der Waals surface area contributed by atoms with Crippen LogP contribution in [0.2, 0.25) is 0 Å². The smallest absolute Gasteiger partial charge is 0.316 e. The SMILES string of the molecule is CCc1cc2c(=O)c(-c3ccc4c(c3)OCCO4)coc2cc1OC(=O)C(C)(C)C. The molecule has 30 heavy (non-hydrogen) atoms. The highest BCUT2D eigenvalue weighted by Crippen LogP contribution is 2.35. The van der Waals surface area contributed by atoms with Gasteiger partial charge in [-0.3, -0.25) is 9.59 Å². The van der Waals surface area contributed by atoms with Gasteiger partial charge in [0.1, 0.15) is 30.8 Å². The summed E-state index contributed by atoms with van der Waals surface area (Å²) in [6, 6.07) is 8.75. The normalized spacial score (nSPS) is 13.3. The zero-order valence-corrected chi connectivity index (χ0v) is 17.5. The van der Waals surface area contributed by atoms with E-state index in [1.54, 1.807) is 45.0 Å². The van der Waals surface area contributed by atoms with Gasteiger partial charge in [-0.2, -0.15) is 0 Å². The van der Waals surface area contributed by atoms with Crippen molar-refractivity contribution in [1.29, 1.82) is 0 Å². The highest BCUT2D eigenvalue weighted by molar-refractivity contribution is 5.86.